The maximum atomic E-state index is 10.4. The van der Waals surface area contributed by atoms with Crippen LogP contribution in [0.4, 0.5) is 0 Å². The van der Waals surface area contributed by atoms with Gasteiger partial charge in [0.2, 0.25) is 0 Å². The van der Waals surface area contributed by atoms with Gasteiger partial charge in [-0.2, -0.15) is 0 Å². The Kier molecular flexibility index (Phi) is 9.04. The number of rotatable bonds is 12. The van der Waals surface area contributed by atoms with Gasteiger partial charge in [0.25, 0.3) is 0 Å². The smallest absolute Gasteiger partial charge is 0.305 e. The standard InChI is InChI=1S/C15H28N2O3/c1-2-3-4-5-6-7-14-16-9-10-17(14)11-13-20-12-8-15(18)19/h2-13H2,1H3,(H,18,19). The fourth-order valence-corrected chi connectivity index (χ4v) is 2.33. The molecule has 1 aliphatic heterocycles. The van der Waals surface area contributed by atoms with Gasteiger partial charge in [-0.15, -0.1) is 0 Å². The molecule has 116 valence electrons. The summed E-state index contributed by atoms with van der Waals surface area (Å²) in [5.41, 5.74) is 0. The highest BCUT2D eigenvalue weighted by atomic mass is 16.5. The lowest BCUT2D eigenvalue weighted by Gasteiger charge is -2.20. The van der Waals surface area contributed by atoms with Gasteiger partial charge in [0, 0.05) is 19.5 Å². The van der Waals surface area contributed by atoms with E-state index in [0.717, 1.165) is 26.1 Å². The third-order valence-electron chi connectivity index (χ3n) is 3.50. The van der Waals surface area contributed by atoms with E-state index >= 15 is 0 Å². The molecule has 20 heavy (non-hydrogen) atoms. The molecule has 0 fully saturated rings. The second kappa shape index (κ2) is 10.7. The summed E-state index contributed by atoms with van der Waals surface area (Å²) in [6.45, 7) is 5.81. The van der Waals surface area contributed by atoms with Crippen LogP contribution < -0.4 is 0 Å². The van der Waals surface area contributed by atoms with Crippen LogP contribution in [0.1, 0.15) is 51.9 Å². The molecule has 5 heteroatoms. The normalized spacial score (nSPS) is 14.7. The Morgan fingerprint density at radius 2 is 2.10 bits per heavy atom. The SMILES string of the molecule is CCCCCCCC1=NCCN1CCOCCC(=O)O. The number of unbranched alkanes of at least 4 members (excludes halogenated alkanes) is 4. The quantitative estimate of drug-likeness (QED) is 0.559. The Morgan fingerprint density at radius 3 is 2.85 bits per heavy atom. The third kappa shape index (κ3) is 7.48. The van der Waals surface area contributed by atoms with E-state index < -0.39 is 5.97 Å². The number of aliphatic imine (C=N–C) groups is 1. The van der Waals surface area contributed by atoms with Gasteiger partial charge in [0.15, 0.2) is 0 Å². The first kappa shape index (κ1) is 17.0. The topological polar surface area (TPSA) is 62.1 Å². The highest BCUT2D eigenvalue weighted by Gasteiger charge is 2.15. The zero-order valence-corrected chi connectivity index (χ0v) is 12.6. The van der Waals surface area contributed by atoms with Crippen LogP contribution in [0.2, 0.25) is 0 Å². The summed E-state index contributed by atoms with van der Waals surface area (Å²) < 4.78 is 5.33. The molecule has 0 spiro atoms. The largest absolute Gasteiger partial charge is 0.481 e. The molecule has 0 unspecified atom stereocenters. The van der Waals surface area contributed by atoms with Crippen LogP contribution in [0.3, 0.4) is 0 Å². The average molecular weight is 284 g/mol. The van der Waals surface area contributed by atoms with E-state index in [1.165, 1.54) is 37.9 Å². The Morgan fingerprint density at radius 1 is 1.30 bits per heavy atom. The van der Waals surface area contributed by atoms with Crippen molar-refractivity contribution in [2.24, 2.45) is 4.99 Å². The number of carbonyl (C=O) groups is 1. The first-order valence-electron chi connectivity index (χ1n) is 7.82. The molecule has 1 N–H and O–H groups in total. The summed E-state index contributed by atoms with van der Waals surface area (Å²) in [4.78, 5) is 17.2. The number of ether oxygens (including phenoxy) is 1. The lowest BCUT2D eigenvalue weighted by Crippen LogP contribution is -2.31. The van der Waals surface area contributed by atoms with Gasteiger partial charge in [-0.1, -0.05) is 32.6 Å². The van der Waals surface area contributed by atoms with Crippen molar-refractivity contribution in [3.05, 3.63) is 0 Å². The number of carboxylic acid groups (broad SMARTS) is 1. The van der Waals surface area contributed by atoms with Crippen LogP contribution in [-0.4, -0.2) is 54.7 Å². The molecule has 1 rings (SSSR count). The number of carboxylic acids is 1. The Bertz CT molecular complexity index is 305. The van der Waals surface area contributed by atoms with E-state index in [0.29, 0.717) is 13.2 Å². The second-order valence-corrected chi connectivity index (χ2v) is 5.21. The minimum absolute atomic E-state index is 0.0817. The fourth-order valence-electron chi connectivity index (χ4n) is 2.33. The van der Waals surface area contributed by atoms with Gasteiger partial charge >= 0.3 is 5.97 Å². The summed E-state index contributed by atoms with van der Waals surface area (Å²) in [6.07, 6.45) is 7.58. The third-order valence-corrected chi connectivity index (χ3v) is 3.50. The number of amidine groups is 1. The molecule has 0 bridgehead atoms. The molecular formula is C15H28N2O3. The molecule has 0 aromatic heterocycles. The molecule has 0 radical (unpaired) electrons. The molecule has 0 atom stereocenters. The maximum absolute atomic E-state index is 10.4. The fraction of sp³-hybridized carbons (Fsp3) is 0.867. The van der Waals surface area contributed by atoms with Crippen LogP contribution in [0, 0.1) is 0 Å². The summed E-state index contributed by atoms with van der Waals surface area (Å²) >= 11 is 0. The summed E-state index contributed by atoms with van der Waals surface area (Å²) in [6, 6.07) is 0. The Hall–Kier alpha value is -1.10. The number of hydrogen-bond acceptors (Lipinski definition) is 4. The van der Waals surface area contributed by atoms with E-state index in [-0.39, 0.29) is 6.42 Å². The molecule has 1 aliphatic rings. The average Bonchev–Trinajstić information content (AvgIpc) is 2.85. The van der Waals surface area contributed by atoms with Gasteiger partial charge in [0.05, 0.1) is 32.0 Å². The van der Waals surface area contributed by atoms with Crippen molar-refractivity contribution < 1.29 is 14.6 Å². The monoisotopic (exact) mass is 284 g/mol. The van der Waals surface area contributed by atoms with E-state index in [2.05, 4.69) is 16.8 Å². The van der Waals surface area contributed by atoms with Gasteiger partial charge < -0.3 is 14.7 Å². The van der Waals surface area contributed by atoms with Crippen LogP contribution >= 0.6 is 0 Å². The second-order valence-electron chi connectivity index (χ2n) is 5.21. The van der Waals surface area contributed by atoms with Crippen molar-refractivity contribution in [1.29, 1.82) is 0 Å². The zero-order chi connectivity index (χ0) is 14.6. The number of nitrogens with zero attached hydrogens (tertiary/aromatic N) is 2. The molecule has 0 amide bonds. The van der Waals surface area contributed by atoms with Crippen molar-refractivity contribution >= 4 is 11.8 Å². The van der Waals surface area contributed by atoms with Crippen molar-refractivity contribution in [2.45, 2.75) is 51.9 Å². The van der Waals surface area contributed by atoms with Crippen LogP contribution in [0.15, 0.2) is 4.99 Å². The van der Waals surface area contributed by atoms with Gasteiger partial charge in [-0.3, -0.25) is 9.79 Å². The first-order valence-corrected chi connectivity index (χ1v) is 7.82. The zero-order valence-electron chi connectivity index (χ0n) is 12.6. The molecule has 5 nitrogen and oxygen atoms in total. The van der Waals surface area contributed by atoms with E-state index in [4.69, 9.17) is 9.84 Å². The van der Waals surface area contributed by atoms with Crippen molar-refractivity contribution in [1.82, 2.24) is 4.90 Å². The highest BCUT2D eigenvalue weighted by Crippen LogP contribution is 2.11. The Balaban J connectivity index is 2.06. The summed E-state index contributed by atoms with van der Waals surface area (Å²) in [5, 5.41) is 8.52. The van der Waals surface area contributed by atoms with Crippen LogP contribution in [0.5, 0.6) is 0 Å². The summed E-state index contributed by atoms with van der Waals surface area (Å²) in [5.74, 6) is 0.406. The molecule has 0 aromatic carbocycles. The molecule has 0 saturated heterocycles. The first-order chi connectivity index (χ1) is 9.74. The van der Waals surface area contributed by atoms with Crippen molar-refractivity contribution in [2.75, 3.05) is 32.8 Å². The number of hydrogen-bond donors (Lipinski definition) is 1. The minimum atomic E-state index is -0.805. The van der Waals surface area contributed by atoms with Gasteiger partial charge in [-0.25, -0.2) is 0 Å². The van der Waals surface area contributed by atoms with Crippen molar-refractivity contribution in [3.8, 4) is 0 Å². The maximum Gasteiger partial charge on any atom is 0.305 e. The van der Waals surface area contributed by atoms with E-state index in [9.17, 15) is 4.79 Å². The van der Waals surface area contributed by atoms with Gasteiger partial charge in [0.1, 0.15) is 0 Å². The predicted molar refractivity (Wildman–Crippen MR) is 80.3 cm³/mol. The predicted octanol–water partition coefficient (Wildman–Crippen LogP) is 2.55. The lowest BCUT2D eigenvalue weighted by molar-refractivity contribution is -0.138. The molecule has 0 aromatic rings. The molecule has 0 aliphatic carbocycles. The van der Waals surface area contributed by atoms with Crippen LogP contribution in [-0.2, 0) is 9.53 Å². The highest BCUT2D eigenvalue weighted by molar-refractivity contribution is 5.83. The van der Waals surface area contributed by atoms with Crippen LogP contribution in [0.25, 0.3) is 0 Å². The van der Waals surface area contributed by atoms with E-state index in [1.54, 1.807) is 0 Å². The van der Waals surface area contributed by atoms with E-state index in [1.807, 2.05) is 0 Å². The Labute approximate surface area is 122 Å². The van der Waals surface area contributed by atoms with Crippen molar-refractivity contribution in [3.63, 3.8) is 0 Å². The summed E-state index contributed by atoms with van der Waals surface area (Å²) in [7, 11) is 0. The minimum Gasteiger partial charge on any atom is -0.481 e. The molecular weight excluding hydrogens is 256 g/mol. The molecule has 0 saturated carbocycles. The van der Waals surface area contributed by atoms with Gasteiger partial charge in [-0.05, 0) is 6.42 Å². The molecule has 1 heterocycles. The number of aliphatic carboxylic acids is 1. The lowest BCUT2D eigenvalue weighted by atomic mass is 10.1.